The fraction of sp³-hybridized carbons (Fsp3) is 0.944. The van der Waals surface area contributed by atoms with Crippen LogP contribution in [-0.4, -0.2) is 164 Å². The summed E-state index contributed by atoms with van der Waals surface area (Å²) in [6, 6.07) is 0. The molecule has 636 valence electrons. The van der Waals surface area contributed by atoms with Crippen LogP contribution in [0.25, 0.3) is 0 Å². The number of unbranched alkanes of at least 4 members (excludes halogenated alkanes) is 14. The van der Waals surface area contributed by atoms with E-state index in [1.807, 2.05) is 74.1 Å². The summed E-state index contributed by atoms with van der Waals surface area (Å²) >= 11 is 0. The van der Waals surface area contributed by atoms with E-state index in [0.29, 0.717) is 98.9 Å². The largest absolute Gasteiger partial charge is 0.379 e. The lowest BCUT2D eigenvalue weighted by Gasteiger charge is -2.35. The van der Waals surface area contributed by atoms with Crippen LogP contribution in [0.3, 0.4) is 0 Å². The molecule has 1 rings (SSSR count). The molecule has 1 saturated heterocycles. The van der Waals surface area contributed by atoms with Crippen molar-refractivity contribution in [1.29, 1.82) is 0 Å². The number of nitrogens with zero attached hydrogens (tertiary/aromatic N) is 2. The summed E-state index contributed by atoms with van der Waals surface area (Å²) in [5.74, 6) is 2.92. The molecule has 0 bridgehead atoms. The Morgan fingerprint density at radius 3 is 0.802 bits per heavy atom. The summed E-state index contributed by atoms with van der Waals surface area (Å²) in [5.41, 5.74) is 2.13. The second-order valence-corrected chi connectivity index (χ2v) is 38.4. The van der Waals surface area contributed by atoms with Gasteiger partial charge in [-0.2, -0.15) is 0 Å². The van der Waals surface area contributed by atoms with E-state index in [-0.39, 0.29) is 53.2 Å². The maximum Gasteiger partial charge on any atom is 0.225 e. The Morgan fingerprint density at radius 1 is 0.274 bits per heavy atom. The molecule has 1 aliphatic rings. The Hall–Kier alpha value is -2.89. The first kappa shape index (κ1) is 112. The molecule has 0 atom stereocenters. The summed E-state index contributed by atoms with van der Waals surface area (Å²) in [7, 11) is 0. The van der Waals surface area contributed by atoms with Gasteiger partial charge in [-0.3, -0.25) is 28.9 Å². The van der Waals surface area contributed by atoms with Gasteiger partial charge >= 0.3 is 0 Å². The second-order valence-electron chi connectivity index (χ2n) is 38.4. The fourth-order valence-corrected chi connectivity index (χ4v) is 10.3. The molecule has 5 amide bonds. The van der Waals surface area contributed by atoms with E-state index in [2.05, 4.69) is 158 Å². The third-order valence-corrected chi connectivity index (χ3v) is 17.7. The standard InChI is InChI=1S/C17H34N2O.C16H33NO4.C16H34.C15H31NO.C14H29NO3.C12H25NO/c1-15(2)16(20)19-13-11-18(12-14-19)10-8-6-7-9-17(3,4)5;1-14(2)15(18)17-7-9-20-11-13-21-12-10-19-8-6-16(3,4)5;1-15(2)13-11-9-7-6-8-10-12-14-16(3,4)5;1-13(2)14(17)16-12-10-8-6-7-9-11-15(3,4)5;1-12(2)13(16)15-7-9-18-11-10-17-8-6-14(3,4)5;1-10(2)8-6-5-7-9-13-12(14)11(3)4/h15H,6-14H2,1-5H3;14H,6-13H2,1-5H3,(H,17,18);15H,6-14H2,1-5H3;13H,6-12H2,1-5H3,(H,16,17);12H,6-11H2,1-5H3,(H,15,16);10-11H,5-9H2,1-4H3,(H,13,14). The van der Waals surface area contributed by atoms with Crippen LogP contribution in [0.1, 0.15) is 361 Å². The zero-order valence-corrected chi connectivity index (χ0v) is 76.1. The van der Waals surface area contributed by atoms with E-state index in [1.54, 1.807) is 0 Å². The minimum Gasteiger partial charge on any atom is -0.379 e. The first-order valence-electron chi connectivity index (χ1n) is 43.2. The second kappa shape index (κ2) is 70.0. The first-order chi connectivity index (χ1) is 49.2. The van der Waals surface area contributed by atoms with Crippen molar-refractivity contribution in [2.45, 2.75) is 361 Å². The number of amides is 5. The van der Waals surface area contributed by atoms with Crippen LogP contribution < -0.4 is 21.3 Å². The zero-order chi connectivity index (χ0) is 82.1. The van der Waals surface area contributed by atoms with Crippen LogP contribution in [0.15, 0.2) is 0 Å². The van der Waals surface area contributed by atoms with Crippen molar-refractivity contribution < 1.29 is 47.7 Å². The van der Waals surface area contributed by atoms with Gasteiger partial charge in [0, 0.05) is 95.2 Å². The normalized spacial score (nSPS) is 13.0. The van der Waals surface area contributed by atoms with Gasteiger partial charge in [0.15, 0.2) is 0 Å². The number of hydrogen-bond acceptors (Lipinski definition) is 11. The highest BCUT2D eigenvalue weighted by Gasteiger charge is 2.23. The molecule has 0 aliphatic carbocycles. The average Bonchev–Trinajstić information content (AvgIpc) is 0.877. The number of carbonyl (C=O) groups is 5. The van der Waals surface area contributed by atoms with Crippen LogP contribution >= 0.6 is 0 Å². The van der Waals surface area contributed by atoms with Gasteiger partial charge in [0.2, 0.25) is 29.5 Å². The Labute approximate surface area is 659 Å². The molecule has 1 aliphatic heterocycles. The lowest BCUT2D eigenvalue weighted by Crippen LogP contribution is -2.49. The molecular formula is C90H186N6O10. The van der Waals surface area contributed by atoms with Gasteiger partial charge in [-0.15, -0.1) is 0 Å². The maximum absolute atomic E-state index is 11.9. The number of rotatable bonds is 51. The highest BCUT2D eigenvalue weighted by molar-refractivity contribution is 5.79. The third kappa shape index (κ3) is 95.3. The number of piperazine rings is 1. The summed E-state index contributed by atoms with van der Waals surface area (Å²) in [6.07, 6.45) is 32.9. The molecule has 0 aromatic rings. The Kier molecular flexibility index (Phi) is 73.8. The van der Waals surface area contributed by atoms with E-state index >= 15 is 0 Å². The van der Waals surface area contributed by atoms with Crippen LogP contribution in [-0.2, 0) is 47.7 Å². The topological polar surface area (TPSA) is 186 Å². The molecule has 0 spiro atoms. The molecular weight excluding hydrogens is 1330 g/mol. The monoisotopic (exact) mass is 1510 g/mol. The average molecular weight is 1510 g/mol. The maximum atomic E-state index is 11.9. The zero-order valence-electron chi connectivity index (χ0n) is 76.1. The Balaban J connectivity index is -0.000000387. The van der Waals surface area contributed by atoms with E-state index < -0.39 is 0 Å². The van der Waals surface area contributed by atoms with Crippen LogP contribution in [0.5, 0.6) is 0 Å². The van der Waals surface area contributed by atoms with Crippen LogP contribution in [0.4, 0.5) is 0 Å². The van der Waals surface area contributed by atoms with Gasteiger partial charge in [-0.1, -0.05) is 310 Å². The molecule has 0 saturated carbocycles. The van der Waals surface area contributed by atoms with Crippen molar-refractivity contribution in [3.05, 3.63) is 0 Å². The lowest BCUT2D eigenvalue weighted by molar-refractivity contribution is -0.136. The molecule has 1 heterocycles. The summed E-state index contributed by atoms with van der Waals surface area (Å²) in [5, 5.41) is 11.5. The van der Waals surface area contributed by atoms with Gasteiger partial charge in [0.05, 0.1) is 52.9 Å². The number of hydrogen-bond donors (Lipinski definition) is 4. The molecule has 0 unspecified atom stereocenters. The molecule has 0 radical (unpaired) electrons. The molecule has 4 N–H and O–H groups in total. The minimum absolute atomic E-state index is 0.0200. The van der Waals surface area contributed by atoms with Crippen molar-refractivity contribution in [2.75, 3.05) is 125 Å². The van der Waals surface area contributed by atoms with E-state index in [4.69, 9.17) is 23.7 Å². The summed E-state index contributed by atoms with van der Waals surface area (Å²) in [6.45, 7) is 76.5. The van der Waals surface area contributed by atoms with Gasteiger partial charge in [-0.05, 0) is 96.8 Å². The van der Waals surface area contributed by atoms with Crippen molar-refractivity contribution in [3.8, 4) is 0 Å². The molecule has 16 heteroatoms. The van der Waals surface area contributed by atoms with E-state index in [9.17, 15) is 24.0 Å². The Bertz CT molecular complexity index is 1990. The molecule has 106 heavy (non-hydrogen) atoms. The predicted molar refractivity (Wildman–Crippen MR) is 456 cm³/mol. The van der Waals surface area contributed by atoms with E-state index in [0.717, 1.165) is 90.0 Å². The lowest BCUT2D eigenvalue weighted by atomic mass is 9.89. The SMILES string of the molecule is CC(C)C(=O)N1CCN(CCCCCC(C)(C)C)CC1.CC(C)C(=O)NCCCCCCCC(C)(C)C.CC(C)C(=O)NCCOCCOCCC(C)(C)C.CC(C)C(=O)NCCOCCOCCOCCC(C)(C)C.CC(C)CCCCCCCCCC(C)(C)C.CC(C)CCCCCNC(=O)C(C)C. The fourth-order valence-electron chi connectivity index (χ4n) is 10.3. The summed E-state index contributed by atoms with van der Waals surface area (Å²) < 4.78 is 27.1. The number of carbonyl (C=O) groups excluding carboxylic acids is 5. The molecule has 1 fully saturated rings. The summed E-state index contributed by atoms with van der Waals surface area (Å²) in [4.78, 5) is 61.4. The molecule has 16 nitrogen and oxygen atoms in total. The van der Waals surface area contributed by atoms with Gasteiger partial charge in [0.25, 0.3) is 0 Å². The predicted octanol–water partition coefficient (Wildman–Crippen LogP) is 21.2. The smallest absolute Gasteiger partial charge is 0.225 e. The first-order valence-corrected chi connectivity index (χ1v) is 43.2. The number of ether oxygens (including phenoxy) is 5. The number of nitrogens with one attached hydrogen (secondary N) is 4. The third-order valence-electron chi connectivity index (χ3n) is 17.7. The van der Waals surface area contributed by atoms with Crippen LogP contribution in [0, 0.1) is 68.5 Å². The van der Waals surface area contributed by atoms with Gasteiger partial charge in [-0.25, -0.2) is 0 Å². The molecule has 0 aromatic carbocycles. The molecule has 0 aromatic heterocycles. The van der Waals surface area contributed by atoms with Crippen molar-refractivity contribution in [1.82, 2.24) is 31.1 Å². The Morgan fingerprint density at radius 2 is 0.519 bits per heavy atom. The van der Waals surface area contributed by atoms with Crippen molar-refractivity contribution in [3.63, 3.8) is 0 Å². The van der Waals surface area contributed by atoms with Crippen molar-refractivity contribution >= 4 is 29.5 Å². The van der Waals surface area contributed by atoms with Gasteiger partial charge < -0.3 is 49.9 Å². The van der Waals surface area contributed by atoms with Gasteiger partial charge in [0.1, 0.15) is 0 Å². The highest BCUT2D eigenvalue weighted by Crippen LogP contribution is 2.25. The minimum atomic E-state index is 0.0200. The van der Waals surface area contributed by atoms with Crippen LogP contribution in [0.2, 0.25) is 0 Å². The highest BCUT2D eigenvalue weighted by atomic mass is 16.5. The van der Waals surface area contributed by atoms with Crippen molar-refractivity contribution in [2.24, 2.45) is 68.5 Å². The van der Waals surface area contributed by atoms with E-state index in [1.165, 1.54) is 141 Å². The quantitative estimate of drug-likeness (QED) is 0.0425.